The maximum absolute atomic E-state index is 12.9. The normalized spacial score (nSPS) is 16.9. The van der Waals surface area contributed by atoms with Gasteiger partial charge < -0.3 is 14.2 Å². The van der Waals surface area contributed by atoms with Crippen LogP contribution in [0.4, 0.5) is 0 Å². The monoisotopic (exact) mass is 471 g/mol. The van der Waals surface area contributed by atoms with Gasteiger partial charge in [-0.3, -0.25) is 9.59 Å². The lowest BCUT2D eigenvalue weighted by molar-refractivity contribution is -0.141. The predicted octanol–water partition coefficient (Wildman–Crippen LogP) is 5.19. The molecule has 3 heterocycles. The first-order valence-corrected chi connectivity index (χ1v) is 12.9. The summed E-state index contributed by atoms with van der Waals surface area (Å²) in [6, 6.07) is 20.0. The average molecular weight is 472 g/mol. The maximum atomic E-state index is 12.9. The summed E-state index contributed by atoms with van der Waals surface area (Å²) in [5.74, 6) is 1.77. The van der Waals surface area contributed by atoms with Gasteiger partial charge in [-0.15, -0.1) is 0 Å². The molecule has 2 aliphatic heterocycles. The van der Waals surface area contributed by atoms with E-state index in [0.29, 0.717) is 37.7 Å². The molecule has 2 aromatic carbocycles. The Balaban J connectivity index is 1.20. The van der Waals surface area contributed by atoms with Gasteiger partial charge in [0.1, 0.15) is 5.69 Å². The zero-order chi connectivity index (χ0) is 24.0. The minimum atomic E-state index is 0.0609. The van der Waals surface area contributed by atoms with Crippen LogP contribution in [0.5, 0.6) is 0 Å². The summed E-state index contributed by atoms with van der Waals surface area (Å²) in [7, 11) is 0. The van der Waals surface area contributed by atoms with E-state index in [9.17, 15) is 9.59 Å². The van der Waals surface area contributed by atoms with E-state index in [2.05, 4.69) is 0 Å². The molecule has 3 aromatic rings. The van der Waals surface area contributed by atoms with Crippen molar-refractivity contribution in [2.75, 3.05) is 26.2 Å². The van der Waals surface area contributed by atoms with Gasteiger partial charge in [-0.05, 0) is 32.1 Å². The highest BCUT2D eigenvalue weighted by atomic mass is 16.4. The van der Waals surface area contributed by atoms with Crippen LogP contribution in [-0.2, 0) is 16.0 Å². The van der Waals surface area contributed by atoms with Crippen LogP contribution in [0, 0.1) is 5.92 Å². The topological polar surface area (TPSA) is 66.7 Å². The van der Waals surface area contributed by atoms with Gasteiger partial charge in [0.2, 0.25) is 11.8 Å². The van der Waals surface area contributed by atoms with E-state index in [0.717, 1.165) is 61.4 Å². The third-order valence-electron chi connectivity index (χ3n) is 7.17. The Morgan fingerprint density at radius 3 is 2.09 bits per heavy atom. The summed E-state index contributed by atoms with van der Waals surface area (Å²) < 4.78 is 6.18. The number of rotatable bonds is 6. The number of nitrogens with zero attached hydrogens (tertiary/aromatic N) is 3. The average Bonchev–Trinajstić information content (AvgIpc) is 3.37. The number of benzene rings is 2. The number of aromatic nitrogens is 1. The molecule has 0 aliphatic carbocycles. The summed E-state index contributed by atoms with van der Waals surface area (Å²) in [5, 5.41) is 0. The Hall–Kier alpha value is -3.41. The molecule has 2 amide bonds. The fourth-order valence-corrected chi connectivity index (χ4v) is 5.17. The second-order valence-corrected chi connectivity index (χ2v) is 9.56. The number of aryl methyl sites for hydroxylation is 1. The van der Waals surface area contributed by atoms with Crippen LogP contribution in [0.3, 0.4) is 0 Å². The molecule has 0 radical (unpaired) electrons. The summed E-state index contributed by atoms with van der Waals surface area (Å²) in [6.45, 7) is 3.09. The van der Waals surface area contributed by atoms with Crippen molar-refractivity contribution >= 4 is 11.8 Å². The van der Waals surface area contributed by atoms with Gasteiger partial charge in [0, 0.05) is 56.1 Å². The molecule has 0 atom stereocenters. The van der Waals surface area contributed by atoms with Crippen molar-refractivity contribution < 1.29 is 14.0 Å². The van der Waals surface area contributed by atoms with Crippen molar-refractivity contribution in [3.8, 4) is 22.6 Å². The van der Waals surface area contributed by atoms with Gasteiger partial charge in [-0.2, -0.15) is 0 Å². The van der Waals surface area contributed by atoms with Gasteiger partial charge in [-0.1, -0.05) is 60.7 Å². The number of amides is 2. The van der Waals surface area contributed by atoms with Crippen molar-refractivity contribution in [2.45, 2.75) is 44.9 Å². The van der Waals surface area contributed by atoms with E-state index in [1.54, 1.807) is 0 Å². The number of carbonyl (C=O) groups excluding carboxylic acids is 2. The predicted molar refractivity (Wildman–Crippen MR) is 135 cm³/mol. The quantitative estimate of drug-likeness (QED) is 0.496. The van der Waals surface area contributed by atoms with Crippen LogP contribution in [0.15, 0.2) is 65.1 Å². The van der Waals surface area contributed by atoms with Gasteiger partial charge in [0.15, 0.2) is 11.7 Å². The second kappa shape index (κ2) is 10.9. The van der Waals surface area contributed by atoms with E-state index in [1.165, 1.54) is 6.42 Å². The molecule has 1 aromatic heterocycles. The van der Waals surface area contributed by atoms with Crippen LogP contribution in [0.2, 0.25) is 0 Å². The molecule has 35 heavy (non-hydrogen) atoms. The Bertz CT molecular complexity index is 1070. The third kappa shape index (κ3) is 5.47. The van der Waals surface area contributed by atoms with Gasteiger partial charge >= 0.3 is 0 Å². The zero-order valence-electron chi connectivity index (χ0n) is 20.2. The molecule has 0 N–H and O–H groups in total. The number of piperidine rings is 2. The van der Waals surface area contributed by atoms with Crippen LogP contribution in [0.1, 0.15) is 44.4 Å². The van der Waals surface area contributed by atoms with E-state index in [4.69, 9.17) is 9.40 Å². The molecule has 0 saturated carbocycles. The van der Waals surface area contributed by atoms with E-state index < -0.39 is 0 Å². The number of likely N-dealkylation sites (tertiary alicyclic amines) is 2. The molecular formula is C29H33N3O3. The van der Waals surface area contributed by atoms with Crippen LogP contribution < -0.4 is 0 Å². The molecule has 6 heteroatoms. The van der Waals surface area contributed by atoms with Crippen molar-refractivity contribution in [2.24, 2.45) is 5.92 Å². The molecule has 0 spiro atoms. The van der Waals surface area contributed by atoms with E-state index >= 15 is 0 Å². The fraction of sp³-hybridized carbons (Fsp3) is 0.414. The second-order valence-electron chi connectivity index (χ2n) is 9.56. The molecule has 5 rings (SSSR count). The highest BCUT2D eigenvalue weighted by Crippen LogP contribution is 2.33. The smallest absolute Gasteiger partial charge is 0.225 e. The SMILES string of the molecule is O=C(CCc1nc(-c2ccccc2)c(-c2ccccc2)o1)N1CCC(C(=O)N2CCCCC2)CC1. The summed E-state index contributed by atoms with van der Waals surface area (Å²) in [6.07, 6.45) is 5.78. The molecule has 2 fully saturated rings. The Morgan fingerprint density at radius 1 is 0.800 bits per heavy atom. The molecule has 2 aliphatic rings. The van der Waals surface area contributed by atoms with Gasteiger partial charge in [-0.25, -0.2) is 4.98 Å². The molecule has 6 nitrogen and oxygen atoms in total. The first kappa shape index (κ1) is 23.3. The first-order valence-electron chi connectivity index (χ1n) is 12.9. The van der Waals surface area contributed by atoms with Crippen molar-refractivity contribution in [1.82, 2.24) is 14.8 Å². The standard InChI is InChI=1S/C29H33N3O3/c33-26(31-20-16-24(17-21-31)29(34)32-18-8-3-9-19-32)15-14-25-30-27(22-10-4-1-5-11-22)28(35-25)23-12-6-2-7-13-23/h1-2,4-7,10-13,24H,3,8-9,14-21H2. The summed E-state index contributed by atoms with van der Waals surface area (Å²) in [5.41, 5.74) is 2.77. The van der Waals surface area contributed by atoms with E-state index in [-0.39, 0.29) is 11.8 Å². The fourth-order valence-electron chi connectivity index (χ4n) is 5.17. The third-order valence-corrected chi connectivity index (χ3v) is 7.17. The Morgan fingerprint density at radius 2 is 1.43 bits per heavy atom. The lowest BCUT2D eigenvalue weighted by Gasteiger charge is -2.35. The van der Waals surface area contributed by atoms with Crippen LogP contribution in [-0.4, -0.2) is 52.8 Å². The Kier molecular flexibility index (Phi) is 7.26. The first-order chi connectivity index (χ1) is 17.2. The lowest BCUT2D eigenvalue weighted by Crippen LogP contribution is -2.45. The van der Waals surface area contributed by atoms with Crippen LogP contribution >= 0.6 is 0 Å². The molecular weight excluding hydrogens is 438 g/mol. The van der Waals surface area contributed by atoms with Gasteiger partial charge in [0.05, 0.1) is 0 Å². The number of hydrogen-bond acceptors (Lipinski definition) is 4. The largest absolute Gasteiger partial charge is 0.440 e. The minimum absolute atomic E-state index is 0.0609. The highest BCUT2D eigenvalue weighted by molar-refractivity contribution is 5.80. The zero-order valence-corrected chi connectivity index (χ0v) is 20.2. The Labute approximate surface area is 206 Å². The maximum Gasteiger partial charge on any atom is 0.225 e. The van der Waals surface area contributed by atoms with Crippen molar-refractivity contribution in [1.29, 1.82) is 0 Å². The van der Waals surface area contributed by atoms with E-state index in [1.807, 2.05) is 70.5 Å². The number of hydrogen-bond donors (Lipinski definition) is 0. The summed E-state index contributed by atoms with van der Waals surface area (Å²) >= 11 is 0. The van der Waals surface area contributed by atoms with Crippen molar-refractivity contribution in [3.05, 3.63) is 66.6 Å². The van der Waals surface area contributed by atoms with Crippen LogP contribution in [0.25, 0.3) is 22.6 Å². The molecule has 182 valence electrons. The minimum Gasteiger partial charge on any atom is -0.440 e. The molecule has 0 unspecified atom stereocenters. The molecule has 2 saturated heterocycles. The van der Waals surface area contributed by atoms with Gasteiger partial charge in [0.25, 0.3) is 0 Å². The van der Waals surface area contributed by atoms with Crippen molar-refractivity contribution in [3.63, 3.8) is 0 Å². The number of oxazole rings is 1. The summed E-state index contributed by atoms with van der Waals surface area (Å²) in [4.78, 5) is 34.5. The lowest BCUT2D eigenvalue weighted by atomic mass is 9.94. The number of carbonyl (C=O) groups is 2. The molecule has 0 bridgehead atoms. The highest BCUT2D eigenvalue weighted by Gasteiger charge is 2.30.